The van der Waals surface area contributed by atoms with Crippen LogP contribution in [-0.4, -0.2) is 0 Å². The molecule has 0 saturated heterocycles. The SMILES string of the molecule is c1ccc(-c2c3ccccc3c(-c3cccc4c3sc3cccc(-c5c6ccccc6c(-c6ccc(-c7cccc8ccccc78)cc6)c6ccccc56)c34)c3ccccc23)cc1. The Morgan fingerprint density at radius 3 is 1.19 bits per heavy atom. The monoisotopic (exact) mass is 814 g/mol. The van der Waals surface area contributed by atoms with E-state index in [1.54, 1.807) is 0 Å². The molecule has 0 unspecified atom stereocenters. The van der Waals surface area contributed by atoms with Crippen molar-refractivity contribution in [2.75, 3.05) is 0 Å². The second-order valence-corrected chi connectivity index (χ2v) is 17.7. The van der Waals surface area contributed by atoms with Crippen molar-refractivity contribution in [2.24, 2.45) is 0 Å². The third-order valence-electron chi connectivity index (χ3n) is 13.3. The number of benzene rings is 12. The standard InChI is InChI=1S/C62H38S/c1-2-18-41(19-3-1)57-47-24-8-12-28-51(47)60(52-29-13-9-25-48(52)57)54-32-15-33-55-61-53(31-16-34-56(61)63-62(54)55)59-49-26-10-6-22-45(49)58(46-23-7-11-27-50(46)59)42-37-35-40(36-38-42)44-30-14-20-39-17-4-5-21-43(39)44/h1-38H. The van der Waals surface area contributed by atoms with Crippen LogP contribution in [-0.2, 0) is 0 Å². The van der Waals surface area contributed by atoms with E-state index in [-0.39, 0.29) is 0 Å². The van der Waals surface area contributed by atoms with E-state index in [2.05, 4.69) is 231 Å². The molecule has 0 spiro atoms. The van der Waals surface area contributed by atoms with Crippen LogP contribution in [0.5, 0.6) is 0 Å². The van der Waals surface area contributed by atoms with Gasteiger partial charge < -0.3 is 0 Å². The first-order valence-electron chi connectivity index (χ1n) is 21.8. The molecule has 0 nitrogen and oxygen atoms in total. The summed E-state index contributed by atoms with van der Waals surface area (Å²) in [7, 11) is 0. The Kier molecular flexibility index (Phi) is 8.19. The van der Waals surface area contributed by atoms with E-state index in [1.165, 1.54) is 130 Å². The highest BCUT2D eigenvalue weighted by atomic mass is 32.1. The molecule has 13 aromatic rings. The first-order valence-corrected chi connectivity index (χ1v) is 22.6. The molecule has 63 heavy (non-hydrogen) atoms. The van der Waals surface area contributed by atoms with Crippen molar-refractivity contribution in [1.29, 1.82) is 0 Å². The summed E-state index contributed by atoms with van der Waals surface area (Å²) in [6, 6.07) is 85.3. The molecule has 0 aliphatic carbocycles. The van der Waals surface area contributed by atoms with Crippen molar-refractivity contribution in [3.8, 4) is 55.6 Å². The van der Waals surface area contributed by atoms with Crippen LogP contribution in [0.2, 0.25) is 0 Å². The quantitative estimate of drug-likeness (QED) is 0.152. The maximum Gasteiger partial charge on any atom is 0.0434 e. The highest BCUT2D eigenvalue weighted by molar-refractivity contribution is 7.26. The summed E-state index contributed by atoms with van der Waals surface area (Å²) in [6.07, 6.45) is 0. The lowest BCUT2D eigenvalue weighted by Gasteiger charge is -2.19. The maximum absolute atomic E-state index is 2.35. The molecule has 12 aromatic carbocycles. The molecule has 1 aromatic heterocycles. The molecular formula is C62H38S. The van der Waals surface area contributed by atoms with Crippen LogP contribution < -0.4 is 0 Å². The average Bonchev–Trinajstić information content (AvgIpc) is 3.75. The van der Waals surface area contributed by atoms with E-state index in [0.717, 1.165) is 0 Å². The third kappa shape index (κ3) is 5.54. The molecule has 0 aliphatic rings. The molecule has 0 saturated carbocycles. The van der Waals surface area contributed by atoms with E-state index in [9.17, 15) is 0 Å². The van der Waals surface area contributed by atoms with Gasteiger partial charge in [0.2, 0.25) is 0 Å². The molecule has 0 atom stereocenters. The van der Waals surface area contributed by atoms with Crippen LogP contribution in [0.15, 0.2) is 231 Å². The molecule has 0 aliphatic heterocycles. The highest BCUT2D eigenvalue weighted by Crippen LogP contribution is 2.51. The van der Waals surface area contributed by atoms with Crippen LogP contribution in [0.1, 0.15) is 0 Å². The molecule has 0 amide bonds. The van der Waals surface area contributed by atoms with E-state index >= 15 is 0 Å². The van der Waals surface area contributed by atoms with Gasteiger partial charge in [-0.1, -0.05) is 224 Å². The van der Waals surface area contributed by atoms with E-state index in [0.29, 0.717) is 0 Å². The molecular weight excluding hydrogens is 777 g/mol. The summed E-state index contributed by atoms with van der Waals surface area (Å²) < 4.78 is 2.62. The Hall–Kier alpha value is -7.84. The summed E-state index contributed by atoms with van der Waals surface area (Å²) in [5, 5.41) is 15.3. The van der Waals surface area contributed by atoms with Gasteiger partial charge in [-0.05, 0) is 110 Å². The molecule has 0 radical (unpaired) electrons. The maximum atomic E-state index is 2.35. The number of hydrogen-bond acceptors (Lipinski definition) is 1. The van der Waals surface area contributed by atoms with Gasteiger partial charge in [0.1, 0.15) is 0 Å². The lowest BCUT2D eigenvalue weighted by molar-refractivity contribution is 1.63. The predicted molar refractivity (Wildman–Crippen MR) is 274 cm³/mol. The summed E-state index contributed by atoms with van der Waals surface area (Å²) >= 11 is 1.92. The Morgan fingerprint density at radius 1 is 0.222 bits per heavy atom. The molecule has 0 N–H and O–H groups in total. The van der Waals surface area contributed by atoms with Crippen molar-refractivity contribution in [1.82, 2.24) is 0 Å². The van der Waals surface area contributed by atoms with Crippen LogP contribution in [0, 0.1) is 0 Å². The lowest BCUT2D eigenvalue weighted by Crippen LogP contribution is -1.91. The predicted octanol–water partition coefficient (Wildman–Crippen LogP) is 18.2. The topological polar surface area (TPSA) is 0 Å². The van der Waals surface area contributed by atoms with Gasteiger partial charge in [-0.15, -0.1) is 11.3 Å². The second kappa shape index (κ2) is 14.4. The number of hydrogen-bond donors (Lipinski definition) is 0. The summed E-state index contributed by atoms with van der Waals surface area (Å²) in [4.78, 5) is 0. The largest absolute Gasteiger partial charge is 0.135 e. The molecule has 1 heterocycles. The van der Waals surface area contributed by atoms with Gasteiger partial charge in [-0.25, -0.2) is 0 Å². The average molecular weight is 815 g/mol. The lowest BCUT2D eigenvalue weighted by atomic mass is 9.84. The molecule has 0 bridgehead atoms. The van der Waals surface area contributed by atoms with Crippen molar-refractivity contribution in [3.05, 3.63) is 231 Å². The zero-order chi connectivity index (χ0) is 41.4. The first-order chi connectivity index (χ1) is 31.3. The van der Waals surface area contributed by atoms with Crippen molar-refractivity contribution in [2.45, 2.75) is 0 Å². The van der Waals surface area contributed by atoms with E-state index in [1.807, 2.05) is 11.3 Å². The van der Waals surface area contributed by atoms with Gasteiger partial charge in [-0.2, -0.15) is 0 Å². The van der Waals surface area contributed by atoms with Gasteiger partial charge in [0, 0.05) is 25.7 Å². The van der Waals surface area contributed by atoms with Crippen molar-refractivity contribution >= 4 is 85.4 Å². The molecule has 292 valence electrons. The van der Waals surface area contributed by atoms with Crippen molar-refractivity contribution < 1.29 is 0 Å². The first kappa shape index (κ1) is 35.9. The van der Waals surface area contributed by atoms with Gasteiger partial charge in [-0.3, -0.25) is 0 Å². The minimum Gasteiger partial charge on any atom is -0.135 e. The van der Waals surface area contributed by atoms with Gasteiger partial charge in [0.25, 0.3) is 0 Å². The third-order valence-corrected chi connectivity index (χ3v) is 14.5. The smallest absolute Gasteiger partial charge is 0.0434 e. The Morgan fingerprint density at radius 2 is 0.603 bits per heavy atom. The number of thiophene rings is 1. The summed E-state index contributed by atoms with van der Waals surface area (Å²) in [6.45, 7) is 0. The van der Waals surface area contributed by atoms with E-state index in [4.69, 9.17) is 0 Å². The Balaban J connectivity index is 1.04. The highest BCUT2D eigenvalue weighted by Gasteiger charge is 2.23. The molecule has 1 heteroatoms. The Labute approximate surface area is 369 Å². The second-order valence-electron chi connectivity index (χ2n) is 16.6. The zero-order valence-electron chi connectivity index (χ0n) is 34.3. The fourth-order valence-electron chi connectivity index (χ4n) is 10.6. The number of fused-ring (bicyclic) bond motifs is 8. The minimum atomic E-state index is 1.22. The number of rotatable bonds is 5. The molecule has 0 fully saturated rings. The minimum absolute atomic E-state index is 1.22. The van der Waals surface area contributed by atoms with Crippen LogP contribution >= 0.6 is 11.3 Å². The fourth-order valence-corrected chi connectivity index (χ4v) is 11.9. The van der Waals surface area contributed by atoms with E-state index < -0.39 is 0 Å². The summed E-state index contributed by atoms with van der Waals surface area (Å²) in [5.41, 5.74) is 12.7. The summed E-state index contributed by atoms with van der Waals surface area (Å²) in [5.74, 6) is 0. The van der Waals surface area contributed by atoms with Crippen LogP contribution in [0.4, 0.5) is 0 Å². The van der Waals surface area contributed by atoms with Crippen LogP contribution in [0.25, 0.3) is 130 Å². The fraction of sp³-hybridized carbons (Fsp3) is 0. The Bertz CT molecular complexity index is 3830. The normalized spacial score (nSPS) is 11.8. The van der Waals surface area contributed by atoms with Crippen LogP contribution in [0.3, 0.4) is 0 Å². The van der Waals surface area contributed by atoms with Crippen molar-refractivity contribution in [3.63, 3.8) is 0 Å². The van der Waals surface area contributed by atoms with Gasteiger partial charge in [0.15, 0.2) is 0 Å². The van der Waals surface area contributed by atoms with Gasteiger partial charge >= 0.3 is 0 Å². The van der Waals surface area contributed by atoms with Gasteiger partial charge in [0.05, 0.1) is 0 Å². The zero-order valence-corrected chi connectivity index (χ0v) is 35.2. The molecule has 13 rings (SSSR count).